The Hall–Kier alpha value is -4.13. The number of fused-ring (bicyclic) bond motifs is 6. The molecule has 2 amide bonds. The normalized spacial score (nSPS) is 22.8. The molecule has 3 aromatic carbocycles. The summed E-state index contributed by atoms with van der Waals surface area (Å²) in [5, 5.41) is 4.72. The van der Waals surface area contributed by atoms with Gasteiger partial charge in [0, 0.05) is 30.5 Å². The SMILES string of the molecule is CCO[C@@H]1CN(C(=O)[C@@H](NC(=O)OC)C(C)C)[C@](C)(c2nc3c(ccc4cc5c(cc43)OCc3cc(B4OC(C)(C)C(C)(C)O4)ccc3-5)[nH]2)C1. The Bertz CT molecular complexity index is 1970. The quantitative estimate of drug-likeness (QED) is 0.234. The number of ether oxygens (including phenoxy) is 3. The van der Waals surface area contributed by atoms with Crippen LogP contribution in [0.3, 0.4) is 0 Å². The summed E-state index contributed by atoms with van der Waals surface area (Å²) in [5.41, 5.74) is 4.20. The lowest BCUT2D eigenvalue weighted by Gasteiger charge is -2.36. The lowest BCUT2D eigenvalue weighted by molar-refractivity contribution is -0.139. The highest BCUT2D eigenvalue weighted by Gasteiger charge is 2.52. The number of methoxy groups -OCH3 is 1. The highest BCUT2D eigenvalue weighted by Crippen LogP contribution is 2.44. The second-order valence-corrected chi connectivity index (χ2v) is 15.3. The molecule has 0 spiro atoms. The molecule has 2 N–H and O–H groups in total. The van der Waals surface area contributed by atoms with Crippen LogP contribution in [-0.2, 0) is 35.7 Å². The van der Waals surface area contributed by atoms with Gasteiger partial charge in [-0.2, -0.15) is 0 Å². The Morgan fingerprint density at radius 1 is 1.06 bits per heavy atom. The lowest BCUT2D eigenvalue weighted by atomic mass is 9.77. The monoisotopic (exact) mass is 682 g/mol. The number of hydrogen-bond donors (Lipinski definition) is 2. The molecule has 1 aromatic heterocycles. The lowest BCUT2D eigenvalue weighted by Crippen LogP contribution is -2.55. The number of benzene rings is 3. The molecule has 50 heavy (non-hydrogen) atoms. The van der Waals surface area contributed by atoms with Gasteiger partial charge in [-0.25, -0.2) is 9.78 Å². The molecule has 4 aromatic rings. The zero-order chi connectivity index (χ0) is 35.7. The molecule has 0 aliphatic carbocycles. The van der Waals surface area contributed by atoms with E-state index in [1.165, 1.54) is 7.11 Å². The number of carbonyl (C=O) groups is 2. The van der Waals surface area contributed by atoms with E-state index in [0.29, 0.717) is 32.0 Å². The highest BCUT2D eigenvalue weighted by molar-refractivity contribution is 6.62. The van der Waals surface area contributed by atoms with Crippen molar-refractivity contribution in [3.05, 3.63) is 53.9 Å². The molecule has 7 rings (SSSR count). The van der Waals surface area contributed by atoms with Gasteiger partial charge in [-0.1, -0.05) is 38.1 Å². The second kappa shape index (κ2) is 12.3. The molecule has 3 aliphatic rings. The summed E-state index contributed by atoms with van der Waals surface area (Å²) in [6, 6.07) is 13.9. The predicted molar refractivity (Wildman–Crippen MR) is 192 cm³/mol. The Morgan fingerprint density at radius 3 is 2.48 bits per heavy atom. The van der Waals surface area contributed by atoms with Crippen molar-refractivity contribution in [3.8, 4) is 16.9 Å². The minimum Gasteiger partial charge on any atom is -0.488 e. The molecular weight excluding hydrogens is 635 g/mol. The predicted octanol–water partition coefficient (Wildman–Crippen LogP) is 5.81. The van der Waals surface area contributed by atoms with E-state index in [0.717, 1.165) is 49.7 Å². The van der Waals surface area contributed by atoms with Crippen molar-refractivity contribution in [2.45, 2.75) is 97.3 Å². The third-order valence-electron chi connectivity index (χ3n) is 11.1. The van der Waals surface area contributed by atoms with Crippen molar-refractivity contribution in [2.75, 3.05) is 20.3 Å². The molecule has 12 heteroatoms. The van der Waals surface area contributed by atoms with Gasteiger partial charge in [0.15, 0.2) is 0 Å². The van der Waals surface area contributed by atoms with E-state index in [1.807, 2.05) is 33.8 Å². The van der Waals surface area contributed by atoms with Crippen molar-refractivity contribution >= 4 is 46.4 Å². The fraction of sp³-hybridized carbons (Fsp3) is 0.500. The average Bonchev–Trinajstić information content (AvgIpc) is 3.73. The molecule has 0 saturated carbocycles. The summed E-state index contributed by atoms with van der Waals surface area (Å²) in [6.07, 6.45) is -0.278. The largest absolute Gasteiger partial charge is 0.494 e. The number of nitrogens with one attached hydrogen (secondary N) is 2. The molecule has 2 fully saturated rings. The van der Waals surface area contributed by atoms with Crippen molar-refractivity contribution in [2.24, 2.45) is 5.92 Å². The van der Waals surface area contributed by atoms with Crippen LogP contribution >= 0.6 is 0 Å². The number of aromatic amines is 1. The first-order valence-electron chi connectivity index (χ1n) is 17.5. The molecule has 0 bridgehead atoms. The molecule has 2 saturated heterocycles. The van der Waals surface area contributed by atoms with E-state index < -0.39 is 36.0 Å². The van der Waals surface area contributed by atoms with Gasteiger partial charge in [-0.05, 0) is 87.6 Å². The van der Waals surface area contributed by atoms with E-state index in [9.17, 15) is 9.59 Å². The van der Waals surface area contributed by atoms with Crippen molar-refractivity contribution in [1.82, 2.24) is 20.2 Å². The molecule has 11 nitrogen and oxygen atoms in total. The molecule has 3 atom stereocenters. The van der Waals surface area contributed by atoms with Gasteiger partial charge in [0.05, 0.1) is 35.4 Å². The fourth-order valence-corrected chi connectivity index (χ4v) is 7.48. The fourth-order valence-electron chi connectivity index (χ4n) is 7.48. The van der Waals surface area contributed by atoms with Crippen molar-refractivity contribution in [1.29, 1.82) is 0 Å². The van der Waals surface area contributed by atoms with Crippen molar-refractivity contribution in [3.63, 3.8) is 0 Å². The van der Waals surface area contributed by atoms with Crippen LogP contribution in [0, 0.1) is 5.92 Å². The zero-order valence-electron chi connectivity index (χ0n) is 30.4. The maximum Gasteiger partial charge on any atom is 0.494 e. The van der Waals surface area contributed by atoms with Crippen LogP contribution in [0.4, 0.5) is 4.79 Å². The van der Waals surface area contributed by atoms with E-state index in [-0.39, 0.29) is 17.9 Å². The standard InChI is InChI=1S/C38H47BN4O7/c1-10-47-25-18-38(8,43(19-25)33(44)31(21(2)3)42-35(45)46-9)34-40-29-14-11-22-16-28-26-13-12-24(39-49-36(4,5)37(6,7)50-39)15-23(26)20-48-30(28)17-27(22)32(29)41-34/h11-17,21,25,31H,10,18-20H2,1-9H3,(H,40,41)(H,42,45)/t25-,31-,38-/m0/s1. The number of aromatic nitrogens is 2. The number of likely N-dealkylation sites (tertiary alicyclic amines) is 1. The summed E-state index contributed by atoms with van der Waals surface area (Å²) >= 11 is 0. The first-order chi connectivity index (χ1) is 23.7. The van der Waals surface area contributed by atoms with Crippen molar-refractivity contribution < 1.29 is 33.1 Å². The van der Waals surface area contributed by atoms with Crippen LogP contribution in [0.1, 0.15) is 73.2 Å². The Morgan fingerprint density at radius 2 is 1.80 bits per heavy atom. The van der Waals surface area contributed by atoms with Crippen LogP contribution in [0.2, 0.25) is 0 Å². The van der Waals surface area contributed by atoms with Crippen LogP contribution in [-0.4, -0.2) is 77.6 Å². The molecule has 3 aliphatic heterocycles. The number of imidazole rings is 1. The summed E-state index contributed by atoms with van der Waals surface area (Å²) in [5.74, 6) is 1.08. The average molecular weight is 683 g/mol. The molecular formula is C38H47BN4O7. The second-order valence-electron chi connectivity index (χ2n) is 15.3. The summed E-state index contributed by atoms with van der Waals surface area (Å²) in [6.45, 7) is 17.3. The maximum absolute atomic E-state index is 14.1. The molecule has 264 valence electrons. The summed E-state index contributed by atoms with van der Waals surface area (Å²) < 4.78 is 29.9. The van der Waals surface area contributed by atoms with Gasteiger partial charge in [-0.15, -0.1) is 0 Å². The van der Waals surface area contributed by atoms with Crippen LogP contribution in [0.15, 0.2) is 42.5 Å². The number of rotatable bonds is 7. The smallest absolute Gasteiger partial charge is 0.488 e. The van der Waals surface area contributed by atoms with Gasteiger partial charge in [-0.3, -0.25) is 4.79 Å². The summed E-state index contributed by atoms with van der Waals surface area (Å²) in [4.78, 5) is 36.9. The number of hydrogen-bond acceptors (Lipinski definition) is 8. The van der Waals surface area contributed by atoms with E-state index >= 15 is 0 Å². The van der Waals surface area contributed by atoms with Gasteiger partial charge < -0.3 is 38.7 Å². The van der Waals surface area contributed by atoms with Crippen LogP contribution < -0.4 is 15.5 Å². The number of H-pyrrole nitrogens is 1. The van der Waals surface area contributed by atoms with E-state index in [2.05, 4.69) is 74.4 Å². The highest BCUT2D eigenvalue weighted by atomic mass is 16.7. The number of amides is 2. The molecule has 4 heterocycles. The van der Waals surface area contributed by atoms with Gasteiger partial charge in [0.25, 0.3) is 0 Å². The maximum atomic E-state index is 14.1. The Labute approximate surface area is 293 Å². The summed E-state index contributed by atoms with van der Waals surface area (Å²) in [7, 11) is 0.850. The van der Waals surface area contributed by atoms with E-state index in [1.54, 1.807) is 4.90 Å². The van der Waals surface area contributed by atoms with Crippen LogP contribution in [0.25, 0.3) is 32.9 Å². The number of carbonyl (C=O) groups excluding carboxylic acids is 2. The number of alkyl carbamates (subject to hydrolysis) is 1. The third-order valence-corrected chi connectivity index (χ3v) is 11.1. The number of nitrogens with zero attached hydrogens (tertiary/aromatic N) is 2. The van der Waals surface area contributed by atoms with Gasteiger partial charge >= 0.3 is 13.2 Å². The first-order valence-corrected chi connectivity index (χ1v) is 17.5. The Balaban J connectivity index is 1.24. The topological polar surface area (TPSA) is 124 Å². The van der Waals surface area contributed by atoms with Gasteiger partial charge in [0.1, 0.15) is 29.8 Å². The Kier molecular flexibility index (Phi) is 8.43. The molecule has 0 unspecified atom stereocenters. The molecule has 0 radical (unpaired) electrons. The van der Waals surface area contributed by atoms with Gasteiger partial charge in [0.2, 0.25) is 5.91 Å². The minimum absolute atomic E-state index is 0.164. The van der Waals surface area contributed by atoms with E-state index in [4.69, 9.17) is 28.5 Å². The van der Waals surface area contributed by atoms with Crippen LogP contribution in [0.5, 0.6) is 5.75 Å². The first kappa shape index (κ1) is 34.3. The zero-order valence-corrected chi connectivity index (χ0v) is 30.4. The minimum atomic E-state index is -0.814. The third kappa shape index (κ3) is 5.61.